The lowest BCUT2D eigenvalue weighted by molar-refractivity contribution is -0.140. The second-order valence-electron chi connectivity index (χ2n) is 5.31. The maximum atomic E-state index is 12.2. The van der Waals surface area contributed by atoms with Crippen LogP contribution >= 0.6 is 11.6 Å². The molecule has 0 unspecified atom stereocenters. The molecule has 1 aromatic heterocycles. The standard InChI is InChI=1S/C15H13ClN4O5S/c1-9-12(7-20(2)26(22,23)19-9)15(21)24-8-13-17-14(18-25-13)10-4-3-5-11(16)6-10/h3-7H,8H2,1-2H3. The minimum atomic E-state index is -3.79. The number of aromatic nitrogens is 2. The average Bonchev–Trinajstić information content (AvgIpc) is 3.04. The van der Waals surface area contributed by atoms with Crippen LogP contribution < -0.4 is 0 Å². The second-order valence-corrected chi connectivity index (χ2v) is 7.40. The Labute approximate surface area is 154 Å². The van der Waals surface area contributed by atoms with Crippen LogP contribution in [0.3, 0.4) is 0 Å². The number of carbonyl (C=O) groups is 1. The Morgan fingerprint density at radius 3 is 2.88 bits per heavy atom. The third-order valence-electron chi connectivity index (χ3n) is 3.41. The molecule has 3 rings (SSSR count). The van der Waals surface area contributed by atoms with E-state index in [-0.39, 0.29) is 23.8 Å². The molecule has 9 nitrogen and oxygen atoms in total. The summed E-state index contributed by atoms with van der Waals surface area (Å²) in [4.78, 5) is 16.3. The fourth-order valence-electron chi connectivity index (χ4n) is 2.09. The Hall–Kier alpha value is -2.72. The maximum Gasteiger partial charge on any atom is 0.344 e. The largest absolute Gasteiger partial charge is 0.452 e. The SMILES string of the molecule is CC1=NS(=O)(=O)N(C)C=C1C(=O)OCc1nc(-c2cccc(Cl)c2)no1. The van der Waals surface area contributed by atoms with Crippen LogP contribution in [0.4, 0.5) is 0 Å². The van der Waals surface area contributed by atoms with E-state index >= 15 is 0 Å². The van der Waals surface area contributed by atoms with Crippen LogP contribution in [-0.2, 0) is 26.3 Å². The monoisotopic (exact) mass is 396 g/mol. The molecule has 1 aliphatic rings. The number of carbonyl (C=O) groups excluding carboxylic acids is 1. The molecular weight excluding hydrogens is 384 g/mol. The Bertz CT molecular complexity index is 1030. The summed E-state index contributed by atoms with van der Waals surface area (Å²) in [6.45, 7) is 1.13. The Morgan fingerprint density at radius 2 is 2.15 bits per heavy atom. The molecule has 0 atom stereocenters. The molecular formula is C15H13ClN4O5S. The van der Waals surface area contributed by atoms with Gasteiger partial charge in [0.1, 0.15) is 0 Å². The lowest BCUT2D eigenvalue weighted by Crippen LogP contribution is -2.29. The molecule has 0 radical (unpaired) electrons. The van der Waals surface area contributed by atoms with Crippen LogP contribution in [0.2, 0.25) is 5.02 Å². The molecule has 0 spiro atoms. The third kappa shape index (κ3) is 3.75. The fraction of sp³-hybridized carbons (Fsp3) is 0.200. The van der Waals surface area contributed by atoms with E-state index in [1.54, 1.807) is 24.3 Å². The van der Waals surface area contributed by atoms with E-state index in [1.807, 2.05) is 0 Å². The summed E-state index contributed by atoms with van der Waals surface area (Å²) in [6.07, 6.45) is 1.14. The van der Waals surface area contributed by atoms with Crippen LogP contribution in [0, 0.1) is 0 Å². The molecule has 0 fully saturated rings. The van der Waals surface area contributed by atoms with Gasteiger partial charge in [0.05, 0.1) is 11.3 Å². The van der Waals surface area contributed by atoms with Gasteiger partial charge in [0.25, 0.3) is 5.89 Å². The summed E-state index contributed by atoms with van der Waals surface area (Å²) in [6, 6.07) is 6.89. The minimum Gasteiger partial charge on any atom is -0.452 e. The first-order valence-electron chi connectivity index (χ1n) is 7.28. The van der Waals surface area contributed by atoms with Crippen LogP contribution in [0.1, 0.15) is 12.8 Å². The molecule has 26 heavy (non-hydrogen) atoms. The third-order valence-corrected chi connectivity index (χ3v) is 4.99. The van der Waals surface area contributed by atoms with Gasteiger partial charge in [-0.3, -0.25) is 4.31 Å². The molecule has 0 saturated carbocycles. The van der Waals surface area contributed by atoms with Gasteiger partial charge >= 0.3 is 16.2 Å². The summed E-state index contributed by atoms with van der Waals surface area (Å²) in [7, 11) is -2.52. The Morgan fingerprint density at radius 1 is 1.38 bits per heavy atom. The van der Waals surface area contributed by atoms with Gasteiger partial charge in [0, 0.05) is 23.8 Å². The molecule has 0 aliphatic carbocycles. The van der Waals surface area contributed by atoms with Crippen molar-refractivity contribution in [2.75, 3.05) is 7.05 Å². The topological polar surface area (TPSA) is 115 Å². The lowest BCUT2D eigenvalue weighted by Gasteiger charge is -2.18. The summed E-state index contributed by atoms with van der Waals surface area (Å²) < 4.78 is 37.7. The lowest BCUT2D eigenvalue weighted by atomic mass is 10.2. The summed E-state index contributed by atoms with van der Waals surface area (Å²) in [5, 5.41) is 4.33. The normalized spacial score (nSPS) is 16.0. The van der Waals surface area contributed by atoms with Gasteiger partial charge in [0.15, 0.2) is 6.61 Å². The number of hydrogen-bond acceptors (Lipinski definition) is 7. The van der Waals surface area contributed by atoms with Crippen molar-refractivity contribution >= 4 is 33.5 Å². The highest BCUT2D eigenvalue weighted by atomic mass is 35.5. The van der Waals surface area contributed by atoms with Crippen LogP contribution in [0.5, 0.6) is 0 Å². The highest BCUT2D eigenvalue weighted by Gasteiger charge is 2.26. The van der Waals surface area contributed by atoms with Crippen LogP contribution in [0.15, 0.2) is 45.0 Å². The van der Waals surface area contributed by atoms with E-state index in [9.17, 15) is 13.2 Å². The van der Waals surface area contributed by atoms with Crippen molar-refractivity contribution < 1.29 is 22.5 Å². The van der Waals surface area contributed by atoms with E-state index in [1.165, 1.54) is 14.0 Å². The van der Waals surface area contributed by atoms with Gasteiger partial charge in [-0.15, -0.1) is 4.40 Å². The van der Waals surface area contributed by atoms with Crippen molar-refractivity contribution in [3.8, 4) is 11.4 Å². The van der Waals surface area contributed by atoms with Crippen molar-refractivity contribution in [2.45, 2.75) is 13.5 Å². The molecule has 1 aliphatic heterocycles. The zero-order valence-corrected chi connectivity index (χ0v) is 15.3. The van der Waals surface area contributed by atoms with Crippen molar-refractivity contribution in [1.29, 1.82) is 0 Å². The number of rotatable bonds is 4. The van der Waals surface area contributed by atoms with Gasteiger partial charge in [0.2, 0.25) is 5.82 Å². The van der Waals surface area contributed by atoms with Crippen molar-refractivity contribution in [3.05, 3.63) is 47.0 Å². The van der Waals surface area contributed by atoms with E-state index in [4.69, 9.17) is 20.9 Å². The number of nitrogens with zero attached hydrogens (tertiary/aromatic N) is 4. The summed E-state index contributed by atoms with van der Waals surface area (Å²) in [5.74, 6) is -0.366. The molecule has 0 amide bonds. The number of hydrogen-bond donors (Lipinski definition) is 0. The fourth-order valence-corrected chi connectivity index (χ4v) is 3.09. The predicted octanol–water partition coefficient (Wildman–Crippen LogP) is 1.97. The molecule has 136 valence electrons. The molecule has 0 bridgehead atoms. The predicted molar refractivity (Wildman–Crippen MR) is 92.4 cm³/mol. The summed E-state index contributed by atoms with van der Waals surface area (Å²) in [5.41, 5.74) is 0.721. The van der Waals surface area contributed by atoms with E-state index < -0.39 is 16.2 Å². The van der Waals surface area contributed by atoms with Crippen molar-refractivity contribution in [1.82, 2.24) is 14.4 Å². The number of halogens is 1. The molecule has 2 aromatic rings. The van der Waals surface area contributed by atoms with Gasteiger partial charge in [-0.2, -0.15) is 13.4 Å². The molecule has 0 saturated heterocycles. The van der Waals surface area contributed by atoms with Crippen LogP contribution in [0.25, 0.3) is 11.4 Å². The van der Waals surface area contributed by atoms with Gasteiger partial charge in [-0.25, -0.2) is 4.79 Å². The first-order valence-corrected chi connectivity index (χ1v) is 9.06. The van der Waals surface area contributed by atoms with Crippen molar-refractivity contribution in [3.63, 3.8) is 0 Å². The Balaban J connectivity index is 1.69. The second kappa shape index (κ2) is 6.89. The summed E-state index contributed by atoms with van der Waals surface area (Å²) >= 11 is 5.92. The number of ether oxygens (including phenoxy) is 1. The van der Waals surface area contributed by atoms with Crippen LogP contribution in [-0.4, -0.2) is 41.6 Å². The average molecular weight is 397 g/mol. The molecule has 1 aromatic carbocycles. The number of benzene rings is 1. The highest BCUT2D eigenvalue weighted by Crippen LogP contribution is 2.20. The zero-order chi connectivity index (χ0) is 18.9. The van der Waals surface area contributed by atoms with E-state index in [2.05, 4.69) is 14.5 Å². The first-order chi connectivity index (χ1) is 12.3. The Kier molecular flexibility index (Phi) is 4.79. The smallest absolute Gasteiger partial charge is 0.344 e. The molecule has 0 N–H and O–H groups in total. The zero-order valence-electron chi connectivity index (χ0n) is 13.7. The van der Waals surface area contributed by atoms with Gasteiger partial charge in [-0.1, -0.05) is 28.9 Å². The molecule has 2 heterocycles. The number of esters is 1. The molecule has 11 heteroatoms. The maximum absolute atomic E-state index is 12.2. The van der Waals surface area contributed by atoms with Crippen molar-refractivity contribution in [2.24, 2.45) is 4.40 Å². The van der Waals surface area contributed by atoms with E-state index in [0.717, 1.165) is 10.5 Å². The van der Waals surface area contributed by atoms with E-state index in [0.29, 0.717) is 16.4 Å². The quantitative estimate of drug-likeness (QED) is 0.725. The highest BCUT2D eigenvalue weighted by molar-refractivity contribution is 7.88. The first kappa shape index (κ1) is 18.1. The van der Waals surface area contributed by atoms with Gasteiger partial charge in [-0.05, 0) is 19.1 Å². The minimum absolute atomic E-state index is 0.0249. The van der Waals surface area contributed by atoms with Gasteiger partial charge < -0.3 is 9.26 Å².